The minimum Gasteiger partial charge on any atom is -0.451 e. The average molecular weight is 318 g/mol. The van der Waals surface area contributed by atoms with Crippen LogP contribution in [0.2, 0.25) is 0 Å². The predicted molar refractivity (Wildman–Crippen MR) is 93.0 cm³/mol. The largest absolute Gasteiger partial charge is 0.451 e. The standard InChI is InChI=1S/C20H30O3/c1-15(2)20-12-10-17(18(21)23-20)9-5-7-16(3)8-6-11-19(4,22)13-14-20/h8-9,13-15,22H,5-7,10-12H2,1-4H3/b14-13-,16-8-,17-9-/t19-,20-/m1/s1. The molecule has 3 heteroatoms. The SMILES string of the molecule is C/C1=C/CC[C@@](C)(O)/C=C\[C@@]2(C(C)C)CC/C(=C/CC1)C(=O)O2. The number of fused-ring (bicyclic) bond motifs is 9. The van der Waals surface area contributed by atoms with Gasteiger partial charge in [0.15, 0.2) is 0 Å². The molecule has 0 aromatic heterocycles. The molecule has 2 heterocycles. The number of hydrogen-bond acceptors (Lipinski definition) is 3. The summed E-state index contributed by atoms with van der Waals surface area (Å²) in [6.07, 6.45) is 12.8. The number of ether oxygens (including phenoxy) is 1. The van der Waals surface area contributed by atoms with E-state index in [9.17, 15) is 9.90 Å². The number of hydrogen-bond donors (Lipinski definition) is 1. The van der Waals surface area contributed by atoms with Gasteiger partial charge < -0.3 is 9.84 Å². The van der Waals surface area contributed by atoms with E-state index in [-0.39, 0.29) is 11.9 Å². The molecular formula is C20H30O3. The molecule has 3 nitrogen and oxygen atoms in total. The van der Waals surface area contributed by atoms with E-state index < -0.39 is 11.2 Å². The first kappa shape index (κ1) is 18.0. The topological polar surface area (TPSA) is 46.5 Å². The molecule has 1 N–H and O–H groups in total. The zero-order chi connectivity index (χ0) is 17.1. The van der Waals surface area contributed by atoms with Crippen molar-refractivity contribution in [2.45, 2.75) is 77.4 Å². The van der Waals surface area contributed by atoms with Gasteiger partial charge in [0.2, 0.25) is 0 Å². The molecule has 128 valence electrons. The van der Waals surface area contributed by atoms with Crippen LogP contribution in [0.1, 0.15) is 66.2 Å². The van der Waals surface area contributed by atoms with E-state index in [2.05, 4.69) is 26.8 Å². The lowest BCUT2D eigenvalue weighted by atomic mass is 9.80. The molecule has 0 unspecified atom stereocenters. The van der Waals surface area contributed by atoms with Crippen molar-refractivity contribution in [1.29, 1.82) is 0 Å². The summed E-state index contributed by atoms with van der Waals surface area (Å²) in [5.41, 5.74) is 0.616. The lowest BCUT2D eigenvalue weighted by Gasteiger charge is -2.39. The van der Waals surface area contributed by atoms with E-state index in [4.69, 9.17) is 4.74 Å². The third-order valence-electron chi connectivity index (χ3n) is 5.10. The second-order valence-corrected chi connectivity index (χ2v) is 7.55. The average Bonchev–Trinajstić information content (AvgIpc) is 2.46. The van der Waals surface area contributed by atoms with E-state index in [0.717, 1.165) is 37.7 Å². The molecule has 0 spiro atoms. The first-order chi connectivity index (χ1) is 10.7. The Labute approximate surface area is 140 Å². The van der Waals surface area contributed by atoms with Gasteiger partial charge in [0.25, 0.3) is 0 Å². The van der Waals surface area contributed by atoms with Crippen LogP contribution in [0.15, 0.2) is 35.5 Å². The highest BCUT2D eigenvalue weighted by Gasteiger charge is 2.40. The summed E-state index contributed by atoms with van der Waals surface area (Å²) in [6.45, 7) is 8.06. The number of aliphatic hydroxyl groups is 1. The summed E-state index contributed by atoms with van der Waals surface area (Å²) in [5.74, 6) is -0.0250. The van der Waals surface area contributed by atoms with Crippen LogP contribution in [0.4, 0.5) is 0 Å². The molecule has 2 bridgehead atoms. The molecular weight excluding hydrogens is 288 g/mol. The Hall–Kier alpha value is -1.35. The minimum atomic E-state index is -0.884. The number of esters is 1. The van der Waals surface area contributed by atoms with Gasteiger partial charge in [-0.3, -0.25) is 0 Å². The fraction of sp³-hybridized carbons (Fsp3) is 0.650. The molecule has 2 aliphatic heterocycles. The molecule has 0 radical (unpaired) electrons. The Kier molecular flexibility index (Phi) is 5.51. The zero-order valence-corrected chi connectivity index (χ0v) is 14.9. The maximum atomic E-state index is 12.4. The van der Waals surface area contributed by atoms with Crippen molar-refractivity contribution >= 4 is 5.97 Å². The van der Waals surface area contributed by atoms with Crippen LogP contribution in [0, 0.1) is 5.92 Å². The summed E-state index contributed by atoms with van der Waals surface area (Å²) in [6, 6.07) is 0. The molecule has 2 atom stereocenters. The highest BCUT2D eigenvalue weighted by molar-refractivity contribution is 5.89. The molecule has 23 heavy (non-hydrogen) atoms. The second kappa shape index (κ2) is 7.04. The lowest BCUT2D eigenvalue weighted by molar-refractivity contribution is -0.159. The maximum absolute atomic E-state index is 12.4. The van der Waals surface area contributed by atoms with Gasteiger partial charge in [-0.1, -0.05) is 37.6 Å². The molecule has 1 fully saturated rings. The molecule has 1 aliphatic carbocycles. The third kappa shape index (κ3) is 4.57. The number of rotatable bonds is 1. The molecule has 0 amide bonds. The zero-order valence-electron chi connectivity index (χ0n) is 14.9. The Morgan fingerprint density at radius 3 is 2.52 bits per heavy atom. The van der Waals surface area contributed by atoms with Crippen LogP contribution in [-0.2, 0) is 9.53 Å². The van der Waals surface area contributed by atoms with Crippen molar-refractivity contribution in [3.63, 3.8) is 0 Å². The van der Waals surface area contributed by atoms with Crippen molar-refractivity contribution in [2.75, 3.05) is 0 Å². The van der Waals surface area contributed by atoms with Gasteiger partial charge in [-0.25, -0.2) is 4.79 Å². The van der Waals surface area contributed by atoms with Gasteiger partial charge in [0, 0.05) is 5.57 Å². The number of carbonyl (C=O) groups excluding carboxylic acids is 1. The Bertz CT molecular complexity index is 537. The van der Waals surface area contributed by atoms with Crippen LogP contribution >= 0.6 is 0 Å². The molecule has 1 saturated heterocycles. The van der Waals surface area contributed by atoms with E-state index in [0.29, 0.717) is 6.42 Å². The Morgan fingerprint density at radius 1 is 1.13 bits per heavy atom. The Morgan fingerprint density at radius 2 is 1.87 bits per heavy atom. The molecule has 0 aromatic carbocycles. The van der Waals surface area contributed by atoms with E-state index in [1.54, 1.807) is 0 Å². The number of allylic oxidation sites excluding steroid dienone is 3. The van der Waals surface area contributed by atoms with Gasteiger partial charge >= 0.3 is 5.97 Å². The summed E-state index contributed by atoms with van der Waals surface area (Å²) in [4.78, 5) is 12.4. The first-order valence-corrected chi connectivity index (χ1v) is 8.75. The van der Waals surface area contributed by atoms with Gasteiger partial charge in [0.05, 0.1) is 5.60 Å². The fourth-order valence-corrected chi connectivity index (χ4v) is 3.21. The van der Waals surface area contributed by atoms with Crippen LogP contribution in [0.5, 0.6) is 0 Å². The van der Waals surface area contributed by atoms with Crippen LogP contribution < -0.4 is 0 Å². The van der Waals surface area contributed by atoms with Crippen LogP contribution in [-0.4, -0.2) is 22.3 Å². The summed E-state index contributed by atoms with van der Waals surface area (Å²) >= 11 is 0. The van der Waals surface area contributed by atoms with Crippen molar-refractivity contribution in [3.8, 4) is 0 Å². The fourth-order valence-electron chi connectivity index (χ4n) is 3.21. The van der Waals surface area contributed by atoms with Crippen molar-refractivity contribution < 1.29 is 14.6 Å². The van der Waals surface area contributed by atoms with Crippen molar-refractivity contribution in [3.05, 3.63) is 35.5 Å². The monoisotopic (exact) mass is 318 g/mol. The van der Waals surface area contributed by atoms with Gasteiger partial charge in [-0.05, 0) is 64.4 Å². The van der Waals surface area contributed by atoms with Crippen molar-refractivity contribution in [1.82, 2.24) is 0 Å². The minimum absolute atomic E-state index is 0.176. The van der Waals surface area contributed by atoms with Gasteiger partial charge in [-0.15, -0.1) is 0 Å². The van der Waals surface area contributed by atoms with Gasteiger partial charge in [-0.2, -0.15) is 0 Å². The highest BCUT2D eigenvalue weighted by Crippen LogP contribution is 2.37. The van der Waals surface area contributed by atoms with Crippen LogP contribution in [0.3, 0.4) is 0 Å². The van der Waals surface area contributed by atoms with Gasteiger partial charge in [0.1, 0.15) is 5.60 Å². The molecule has 0 aromatic rings. The third-order valence-corrected chi connectivity index (χ3v) is 5.10. The number of carbonyl (C=O) groups is 1. The van der Waals surface area contributed by atoms with E-state index in [1.165, 1.54) is 5.57 Å². The first-order valence-electron chi connectivity index (χ1n) is 8.75. The highest BCUT2D eigenvalue weighted by atomic mass is 16.6. The summed E-state index contributed by atoms with van der Waals surface area (Å²) in [7, 11) is 0. The predicted octanol–water partition coefficient (Wildman–Crippen LogP) is 4.47. The van der Waals surface area contributed by atoms with E-state index in [1.807, 2.05) is 25.2 Å². The van der Waals surface area contributed by atoms with Crippen LogP contribution in [0.25, 0.3) is 0 Å². The summed E-state index contributed by atoms with van der Waals surface area (Å²) in [5, 5.41) is 10.6. The molecule has 0 saturated carbocycles. The van der Waals surface area contributed by atoms with Crippen molar-refractivity contribution in [2.24, 2.45) is 5.92 Å². The molecule has 3 aliphatic rings. The lowest BCUT2D eigenvalue weighted by Crippen LogP contribution is -2.43. The maximum Gasteiger partial charge on any atom is 0.334 e. The smallest absolute Gasteiger partial charge is 0.334 e. The quantitative estimate of drug-likeness (QED) is 0.573. The van der Waals surface area contributed by atoms with E-state index >= 15 is 0 Å². The Balaban J connectivity index is 2.35. The normalized spacial score (nSPS) is 39.0. The summed E-state index contributed by atoms with van der Waals surface area (Å²) < 4.78 is 5.84. The molecule has 3 rings (SSSR count). The second-order valence-electron chi connectivity index (χ2n) is 7.55.